The van der Waals surface area contributed by atoms with Crippen LogP contribution in [0.2, 0.25) is 0 Å². The molecule has 29 heavy (non-hydrogen) atoms. The van der Waals surface area contributed by atoms with Gasteiger partial charge in [-0.3, -0.25) is 4.79 Å². The molecule has 154 valence electrons. The Hall–Kier alpha value is -2.76. The molecule has 2 aromatic rings. The summed E-state index contributed by atoms with van der Waals surface area (Å²) in [6.07, 6.45) is 0. The first-order chi connectivity index (χ1) is 13.6. The molecule has 2 heterocycles. The van der Waals surface area contributed by atoms with Crippen LogP contribution in [0.15, 0.2) is 34.5 Å². The standard InChI is InChI=1S/C18H18N2O7S2/c1-11-13(16(22)23)18(28-14(11)17(24)25)29(26,27)20-9-7-19(8-10-20)15(21)12-5-3-2-4-6-12/h2-6H,7-10H2,1H3,(H,22,23)(H,24,25). The molecule has 1 fully saturated rings. The number of thiophene rings is 1. The Labute approximate surface area is 170 Å². The summed E-state index contributed by atoms with van der Waals surface area (Å²) >= 11 is 0.437. The fourth-order valence-corrected chi connectivity index (χ4v) is 6.37. The zero-order valence-corrected chi connectivity index (χ0v) is 17.0. The van der Waals surface area contributed by atoms with E-state index in [4.69, 9.17) is 0 Å². The van der Waals surface area contributed by atoms with Crippen molar-refractivity contribution >= 4 is 39.2 Å². The molecule has 0 atom stereocenters. The second kappa shape index (κ2) is 7.93. The number of hydrogen-bond donors (Lipinski definition) is 2. The molecule has 0 unspecified atom stereocenters. The molecule has 0 radical (unpaired) electrons. The highest BCUT2D eigenvalue weighted by molar-refractivity contribution is 7.91. The molecule has 1 saturated heterocycles. The quantitative estimate of drug-likeness (QED) is 0.724. The zero-order chi connectivity index (χ0) is 21.3. The first kappa shape index (κ1) is 21.0. The summed E-state index contributed by atoms with van der Waals surface area (Å²) in [5.74, 6) is -3.09. The maximum atomic E-state index is 13.0. The predicted molar refractivity (Wildman–Crippen MR) is 104 cm³/mol. The maximum Gasteiger partial charge on any atom is 0.346 e. The molecular weight excluding hydrogens is 420 g/mol. The Morgan fingerprint density at radius 2 is 1.55 bits per heavy atom. The summed E-state index contributed by atoms with van der Waals surface area (Å²) in [5, 5.41) is 18.7. The average Bonchev–Trinajstić information content (AvgIpc) is 3.06. The van der Waals surface area contributed by atoms with Crippen LogP contribution in [0.3, 0.4) is 0 Å². The minimum Gasteiger partial charge on any atom is -0.478 e. The third kappa shape index (κ3) is 3.88. The largest absolute Gasteiger partial charge is 0.478 e. The molecule has 1 aliphatic heterocycles. The minimum absolute atomic E-state index is 0.0146. The van der Waals surface area contributed by atoms with Crippen LogP contribution in [0.5, 0.6) is 0 Å². The topological polar surface area (TPSA) is 132 Å². The van der Waals surface area contributed by atoms with E-state index in [1.807, 2.05) is 0 Å². The van der Waals surface area contributed by atoms with Gasteiger partial charge in [0.2, 0.25) is 0 Å². The van der Waals surface area contributed by atoms with E-state index in [-0.39, 0.29) is 42.5 Å². The molecule has 1 aromatic carbocycles. The molecule has 9 nitrogen and oxygen atoms in total. The molecule has 0 aliphatic carbocycles. The zero-order valence-electron chi connectivity index (χ0n) is 15.4. The average molecular weight is 438 g/mol. The lowest BCUT2D eigenvalue weighted by Gasteiger charge is -2.33. The number of sulfonamides is 1. The molecule has 11 heteroatoms. The number of hydrogen-bond acceptors (Lipinski definition) is 6. The first-order valence-electron chi connectivity index (χ1n) is 8.59. The number of benzene rings is 1. The number of amides is 1. The lowest BCUT2D eigenvalue weighted by molar-refractivity contribution is 0.0690. The van der Waals surface area contributed by atoms with Gasteiger partial charge in [0, 0.05) is 31.7 Å². The molecular formula is C18H18N2O7S2. The monoisotopic (exact) mass is 438 g/mol. The van der Waals surface area contributed by atoms with Gasteiger partial charge in [-0.2, -0.15) is 4.31 Å². The van der Waals surface area contributed by atoms with E-state index in [2.05, 4.69) is 0 Å². The van der Waals surface area contributed by atoms with Crippen molar-refractivity contribution in [3.05, 3.63) is 51.9 Å². The van der Waals surface area contributed by atoms with Crippen molar-refractivity contribution in [1.29, 1.82) is 0 Å². The van der Waals surface area contributed by atoms with Crippen molar-refractivity contribution in [2.75, 3.05) is 26.2 Å². The molecule has 0 saturated carbocycles. The van der Waals surface area contributed by atoms with Gasteiger partial charge in [-0.15, -0.1) is 11.3 Å². The molecule has 3 rings (SSSR count). The molecule has 1 amide bonds. The van der Waals surface area contributed by atoms with Crippen LogP contribution in [0, 0.1) is 6.92 Å². The Balaban J connectivity index is 1.84. The smallest absolute Gasteiger partial charge is 0.346 e. The molecule has 2 N–H and O–H groups in total. The number of aromatic carboxylic acids is 2. The van der Waals surface area contributed by atoms with Gasteiger partial charge >= 0.3 is 11.9 Å². The molecule has 0 bridgehead atoms. The number of carbonyl (C=O) groups is 3. The Kier molecular flexibility index (Phi) is 5.73. The lowest BCUT2D eigenvalue weighted by atomic mass is 10.2. The summed E-state index contributed by atoms with van der Waals surface area (Å²) in [7, 11) is -4.22. The van der Waals surface area contributed by atoms with Gasteiger partial charge in [0.25, 0.3) is 15.9 Å². The molecule has 0 spiro atoms. The second-order valence-electron chi connectivity index (χ2n) is 6.39. The third-order valence-corrected chi connectivity index (χ3v) is 8.32. The van der Waals surface area contributed by atoms with Gasteiger partial charge in [0.15, 0.2) is 4.21 Å². The van der Waals surface area contributed by atoms with Gasteiger partial charge in [-0.25, -0.2) is 18.0 Å². The van der Waals surface area contributed by atoms with Crippen LogP contribution in [0.1, 0.15) is 36.0 Å². The SMILES string of the molecule is Cc1c(C(=O)O)sc(S(=O)(=O)N2CCN(C(=O)c3ccccc3)CC2)c1C(=O)O. The number of carboxylic acids is 2. The van der Waals surface area contributed by atoms with Crippen LogP contribution in [-0.2, 0) is 10.0 Å². The van der Waals surface area contributed by atoms with Crippen LogP contribution in [-0.4, -0.2) is 71.9 Å². The van der Waals surface area contributed by atoms with Crippen molar-refractivity contribution in [2.45, 2.75) is 11.1 Å². The Morgan fingerprint density at radius 3 is 2.07 bits per heavy atom. The Bertz CT molecular complexity index is 1070. The van der Waals surface area contributed by atoms with E-state index >= 15 is 0 Å². The minimum atomic E-state index is -4.22. The lowest BCUT2D eigenvalue weighted by Crippen LogP contribution is -2.50. The van der Waals surface area contributed by atoms with Crippen LogP contribution in [0.4, 0.5) is 0 Å². The summed E-state index contributed by atoms with van der Waals surface area (Å²) < 4.78 is 26.6. The first-order valence-corrected chi connectivity index (χ1v) is 10.8. The van der Waals surface area contributed by atoms with E-state index < -0.39 is 31.7 Å². The number of nitrogens with zero attached hydrogens (tertiary/aromatic N) is 2. The van der Waals surface area contributed by atoms with E-state index in [9.17, 15) is 33.0 Å². The van der Waals surface area contributed by atoms with Crippen molar-refractivity contribution in [3.63, 3.8) is 0 Å². The van der Waals surface area contributed by atoms with Gasteiger partial charge in [0.05, 0.1) is 5.56 Å². The van der Waals surface area contributed by atoms with E-state index in [1.54, 1.807) is 30.3 Å². The van der Waals surface area contributed by atoms with E-state index in [0.29, 0.717) is 16.9 Å². The number of carboxylic acid groups (broad SMARTS) is 2. The van der Waals surface area contributed by atoms with Crippen molar-refractivity contribution in [1.82, 2.24) is 9.21 Å². The van der Waals surface area contributed by atoms with Gasteiger partial charge in [0.1, 0.15) is 4.88 Å². The van der Waals surface area contributed by atoms with Gasteiger partial charge in [-0.1, -0.05) is 18.2 Å². The molecule has 1 aromatic heterocycles. The highest BCUT2D eigenvalue weighted by Crippen LogP contribution is 2.34. The third-order valence-electron chi connectivity index (χ3n) is 4.64. The summed E-state index contributed by atoms with van der Waals surface area (Å²) in [6.45, 7) is 1.54. The van der Waals surface area contributed by atoms with Crippen LogP contribution < -0.4 is 0 Å². The van der Waals surface area contributed by atoms with Gasteiger partial charge in [-0.05, 0) is 24.6 Å². The normalized spacial score (nSPS) is 15.3. The predicted octanol–water partition coefficient (Wildman–Crippen LogP) is 1.60. The van der Waals surface area contributed by atoms with E-state index in [1.165, 1.54) is 11.8 Å². The summed E-state index contributed by atoms with van der Waals surface area (Å²) in [4.78, 5) is 36.6. The summed E-state index contributed by atoms with van der Waals surface area (Å²) in [6, 6.07) is 8.61. The number of piperazine rings is 1. The fraction of sp³-hybridized carbons (Fsp3) is 0.278. The van der Waals surface area contributed by atoms with Crippen LogP contribution >= 0.6 is 11.3 Å². The number of rotatable bonds is 5. The van der Waals surface area contributed by atoms with Crippen molar-refractivity contribution < 1.29 is 33.0 Å². The number of carbonyl (C=O) groups excluding carboxylic acids is 1. The van der Waals surface area contributed by atoms with Crippen molar-refractivity contribution in [3.8, 4) is 0 Å². The maximum absolute atomic E-state index is 13.0. The van der Waals surface area contributed by atoms with Gasteiger partial charge < -0.3 is 15.1 Å². The highest BCUT2D eigenvalue weighted by atomic mass is 32.2. The van der Waals surface area contributed by atoms with E-state index in [0.717, 1.165) is 4.31 Å². The van der Waals surface area contributed by atoms with Crippen molar-refractivity contribution in [2.24, 2.45) is 0 Å². The van der Waals surface area contributed by atoms with Crippen LogP contribution in [0.25, 0.3) is 0 Å². The highest BCUT2D eigenvalue weighted by Gasteiger charge is 2.37. The second-order valence-corrected chi connectivity index (χ2v) is 9.55. The molecule has 1 aliphatic rings. The Morgan fingerprint density at radius 1 is 0.966 bits per heavy atom. The summed E-state index contributed by atoms with van der Waals surface area (Å²) in [5.41, 5.74) is -0.112. The fourth-order valence-electron chi connectivity index (χ4n) is 3.13.